The van der Waals surface area contributed by atoms with Crippen molar-refractivity contribution in [2.45, 2.75) is 419 Å². The van der Waals surface area contributed by atoms with Crippen LogP contribution in [0.2, 0.25) is 0 Å². The van der Waals surface area contributed by atoms with E-state index < -0.39 is 97.5 Å². The first-order valence-corrected chi connectivity index (χ1v) is 43.1. The third kappa shape index (κ3) is 67.9. The largest absolute Gasteiger partial charge is 0.472 e. The van der Waals surface area contributed by atoms with Gasteiger partial charge in [-0.2, -0.15) is 0 Å². The zero-order valence-electron chi connectivity index (χ0n) is 62.7. The summed E-state index contributed by atoms with van der Waals surface area (Å²) in [6, 6.07) is 0. The number of carbonyl (C=O) groups excluding carboxylic acids is 4. The van der Waals surface area contributed by atoms with Gasteiger partial charge in [-0.25, -0.2) is 9.13 Å². The quantitative estimate of drug-likeness (QED) is 0.0222. The molecule has 0 saturated heterocycles. The molecule has 0 aliphatic heterocycles. The van der Waals surface area contributed by atoms with Crippen molar-refractivity contribution in [1.29, 1.82) is 0 Å². The number of hydrogen-bond donors (Lipinski definition) is 3. The molecule has 0 radical (unpaired) electrons. The van der Waals surface area contributed by atoms with E-state index in [0.29, 0.717) is 25.7 Å². The molecule has 0 bridgehead atoms. The zero-order chi connectivity index (χ0) is 70.7. The van der Waals surface area contributed by atoms with Crippen molar-refractivity contribution in [3.05, 3.63) is 0 Å². The summed E-state index contributed by atoms with van der Waals surface area (Å²) >= 11 is 0. The smallest absolute Gasteiger partial charge is 0.462 e. The van der Waals surface area contributed by atoms with E-state index in [4.69, 9.17) is 37.0 Å². The van der Waals surface area contributed by atoms with Crippen LogP contribution in [0.15, 0.2) is 0 Å². The van der Waals surface area contributed by atoms with Gasteiger partial charge < -0.3 is 33.8 Å². The van der Waals surface area contributed by atoms with Gasteiger partial charge in [0.15, 0.2) is 12.2 Å². The van der Waals surface area contributed by atoms with Gasteiger partial charge in [0.05, 0.1) is 26.4 Å². The van der Waals surface area contributed by atoms with Crippen molar-refractivity contribution < 1.29 is 80.2 Å². The third-order valence-electron chi connectivity index (χ3n) is 18.7. The molecule has 0 spiro atoms. The fourth-order valence-electron chi connectivity index (χ4n) is 11.8. The first-order valence-electron chi connectivity index (χ1n) is 40.1. The highest BCUT2D eigenvalue weighted by atomic mass is 31.2. The lowest BCUT2D eigenvalue weighted by Crippen LogP contribution is -2.30. The molecular formula is C77H150O17P2. The summed E-state index contributed by atoms with van der Waals surface area (Å²) in [5.41, 5.74) is 0. The molecule has 0 rings (SSSR count). The average molecular weight is 1410 g/mol. The highest BCUT2D eigenvalue weighted by Gasteiger charge is 2.30. The number of carbonyl (C=O) groups is 4. The number of aliphatic hydroxyl groups is 1. The molecule has 0 aromatic carbocycles. The van der Waals surface area contributed by atoms with Crippen LogP contribution < -0.4 is 0 Å². The second-order valence-electron chi connectivity index (χ2n) is 28.2. The van der Waals surface area contributed by atoms with E-state index in [0.717, 1.165) is 108 Å². The predicted octanol–water partition coefficient (Wildman–Crippen LogP) is 22.7. The Morgan fingerprint density at radius 2 is 0.500 bits per heavy atom. The molecular weight excluding hydrogens is 1260 g/mol. The topological polar surface area (TPSA) is 237 Å². The molecule has 0 aromatic heterocycles. The number of aliphatic hydroxyl groups excluding tert-OH is 1. The summed E-state index contributed by atoms with van der Waals surface area (Å²) in [4.78, 5) is 72.9. The van der Waals surface area contributed by atoms with Gasteiger partial charge >= 0.3 is 39.5 Å². The number of ether oxygens (including phenoxy) is 4. The lowest BCUT2D eigenvalue weighted by atomic mass is 9.99. The van der Waals surface area contributed by atoms with Gasteiger partial charge in [-0.05, 0) is 37.5 Å². The van der Waals surface area contributed by atoms with E-state index in [1.54, 1.807) is 0 Å². The van der Waals surface area contributed by atoms with Crippen LogP contribution >= 0.6 is 15.6 Å². The molecule has 0 saturated carbocycles. The van der Waals surface area contributed by atoms with E-state index in [9.17, 15) is 43.2 Å². The van der Waals surface area contributed by atoms with Gasteiger partial charge in [0.1, 0.15) is 19.3 Å². The minimum atomic E-state index is -4.96. The predicted molar refractivity (Wildman–Crippen MR) is 391 cm³/mol. The number of esters is 4. The Morgan fingerprint density at radius 1 is 0.292 bits per heavy atom. The van der Waals surface area contributed by atoms with Crippen molar-refractivity contribution >= 4 is 39.5 Å². The summed E-state index contributed by atoms with van der Waals surface area (Å²) in [5, 5.41) is 10.6. The summed E-state index contributed by atoms with van der Waals surface area (Å²) in [6.45, 7) is 9.60. The monoisotopic (exact) mass is 1410 g/mol. The van der Waals surface area contributed by atoms with Crippen molar-refractivity contribution in [3.8, 4) is 0 Å². The summed E-state index contributed by atoms with van der Waals surface area (Å²) in [6.07, 6.45) is 56.8. The van der Waals surface area contributed by atoms with Gasteiger partial charge in [-0.15, -0.1) is 0 Å². The maximum atomic E-state index is 13.1. The van der Waals surface area contributed by atoms with Crippen LogP contribution in [0.1, 0.15) is 401 Å². The number of rotatable bonds is 76. The van der Waals surface area contributed by atoms with E-state index in [1.807, 2.05) is 0 Å². The normalized spacial score (nSPS) is 14.6. The molecule has 0 aliphatic carbocycles. The van der Waals surface area contributed by atoms with E-state index in [-0.39, 0.29) is 25.7 Å². The maximum Gasteiger partial charge on any atom is 0.472 e. The first-order chi connectivity index (χ1) is 46.4. The fraction of sp³-hybridized carbons (Fsp3) is 0.948. The maximum absolute atomic E-state index is 13.1. The molecule has 17 nitrogen and oxygen atoms in total. The number of unbranched alkanes of at least 4 members (excludes halogenated alkanes) is 44. The van der Waals surface area contributed by atoms with Crippen molar-refractivity contribution in [3.63, 3.8) is 0 Å². The van der Waals surface area contributed by atoms with E-state index >= 15 is 0 Å². The fourth-order valence-corrected chi connectivity index (χ4v) is 13.3. The second kappa shape index (κ2) is 68.8. The first kappa shape index (κ1) is 94.1. The Bertz CT molecular complexity index is 1860. The van der Waals surface area contributed by atoms with Crippen LogP contribution in [0.4, 0.5) is 0 Å². The molecule has 19 heteroatoms. The zero-order valence-corrected chi connectivity index (χ0v) is 64.5. The van der Waals surface area contributed by atoms with Crippen molar-refractivity contribution in [2.24, 2.45) is 11.8 Å². The highest BCUT2D eigenvalue weighted by Crippen LogP contribution is 2.45. The number of hydrogen-bond acceptors (Lipinski definition) is 15. The molecule has 4 unspecified atom stereocenters. The van der Waals surface area contributed by atoms with Crippen molar-refractivity contribution in [1.82, 2.24) is 0 Å². The van der Waals surface area contributed by atoms with Crippen LogP contribution in [0.25, 0.3) is 0 Å². The Hall–Kier alpha value is -1.94. The molecule has 0 amide bonds. The van der Waals surface area contributed by atoms with Gasteiger partial charge in [0.25, 0.3) is 0 Å². The molecule has 0 heterocycles. The number of phosphoric ester groups is 2. The minimum Gasteiger partial charge on any atom is -0.462 e. The molecule has 0 aromatic rings. The van der Waals surface area contributed by atoms with E-state index in [1.165, 1.54) is 212 Å². The lowest BCUT2D eigenvalue weighted by molar-refractivity contribution is -0.161. The molecule has 96 heavy (non-hydrogen) atoms. The Kier molecular flexibility index (Phi) is 67.4. The number of phosphoric acid groups is 2. The highest BCUT2D eigenvalue weighted by molar-refractivity contribution is 7.47. The van der Waals surface area contributed by atoms with Gasteiger partial charge in [0.2, 0.25) is 0 Å². The van der Waals surface area contributed by atoms with Crippen LogP contribution in [-0.4, -0.2) is 96.7 Å². The standard InChI is InChI=1S/C77H150O17P2/c1-7-11-13-15-17-19-21-23-25-26-27-28-30-32-38-42-50-56-62-76(81)93-72(65-87-74(79)59-53-47-40-36-34-33-35-39-45-51-57-69(5)9-3)67-91-95(83,84)89-63-71(78)64-90-96(85,86)92-68-73(66-88-75(80)60-54-48-44-43-46-52-58-70(6)10-4)94-77(82)61-55-49-41-37-31-29-24-22-20-18-16-14-12-8-2/h69-73,78H,7-68H2,1-6H3,(H,83,84)(H,85,86)/t69?,70?,71-,72-,73-/m1/s1. The summed E-state index contributed by atoms with van der Waals surface area (Å²) in [5.74, 6) is -0.573. The molecule has 0 aliphatic rings. The van der Waals surface area contributed by atoms with E-state index in [2.05, 4.69) is 41.5 Å². The minimum absolute atomic E-state index is 0.107. The summed E-state index contributed by atoms with van der Waals surface area (Å²) in [7, 11) is -9.91. The van der Waals surface area contributed by atoms with Crippen molar-refractivity contribution in [2.75, 3.05) is 39.6 Å². The molecule has 570 valence electrons. The van der Waals surface area contributed by atoms with Crippen LogP contribution in [0.3, 0.4) is 0 Å². The third-order valence-corrected chi connectivity index (χ3v) is 20.6. The Balaban J connectivity index is 5.25. The second-order valence-corrected chi connectivity index (χ2v) is 31.1. The SMILES string of the molecule is CCCCCCCCCCCCCCCCCCCCC(=O)O[C@H](COC(=O)CCCCCCCCCCCCC(C)CC)COP(=O)(O)OC[C@@H](O)COP(=O)(O)OC[C@@H](COC(=O)CCCCCCCCC(C)CC)OC(=O)CCCCCCCCCCCCCCCC. The van der Waals surface area contributed by atoms with Crippen LogP contribution in [0, 0.1) is 11.8 Å². The van der Waals surface area contributed by atoms with Gasteiger partial charge in [-0.1, -0.05) is 350 Å². The average Bonchev–Trinajstić information content (AvgIpc) is 1.11. The molecule has 7 atom stereocenters. The van der Waals surface area contributed by atoms with Gasteiger partial charge in [0, 0.05) is 25.7 Å². The van der Waals surface area contributed by atoms with Gasteiger partial charge in [-0.3, -0.25) is 37.3 Å². The lowest BCUT2D eigenvalue weighted by Gasteiger charge is -2.21. The van der Waals surface area contributed by atoms with Crippen LogP contribution in [-0.2, 0) is 65.4 Å². The Labute approximate surface area is 588 Å². The summed E-state index contributed by atoms with van der Waals surface area (Å²) < 4.78 is 68.6. The Morgan fingerprint density at radius 3 is 0.740 bits per heavy atom. The molecule has 0 fully saturated rings. The molecule has 3 N–H and O–H groups in total. The van der Waals surface area contributed by atoms with Crippen LogP contribution in [0.5, 0.6) is 0 Å².